The second-order valence-electron chi connectivity index (χ2n) is 6.85. The number of pyridine rings is 2. The molecule has 0 bridgehead atoms. The van der Waals surface area contributed by atoms with Gasteiger partial charge in [0.15, 0.2) is 0 Å². The van der Waals surface area contributed by atoms with Crippen LogP contribution < -0.4 is 5.32 Å². The molecular formula is C25H22FN3. The maximum atomic E-state index is 13.4. The smallest absolute Gasteiger partial charge is 0.126 e. The number of hydrogen-bond donors (Lipinski definition) is 1. The van der Waals surface area contributed by atoms with E-state index < -0.39 is 0 Å². The van der Waals surface area contributed by atoms with E-state index in [1.165, 1.54) is 17.7 Å². The van der Waals surface area contributed by atoms with Gasteiger partial charge in [0, 0.05) is 30.1 Å². The van der Waals surface area contributed by atoms with Crippen molar-refractivity contribution >= 4 is 5.82 Å². The molecule has 0 spiro atoms. The van der Waals surface area contributed by atoms with Crippen LogP contribution in [0.2, 0.25) is 0 Å². The Labute approximate surface area is 170 Å². The highest BCUT2D eigenvalue weighted by atomic mass is 19.1. The Bertz CT molecular complexity index is 1050. The van der Waals surface area contributed by atoms with Crippen LogP contribution >= 0.6 is 0 Å². The van der Waals surface area contributed by atoms with Gasteiger partial charge in [0.05, 0.1) is 5.69 Å². The Morgan fingerprint density at radius 2 is 1.52 bits per heavy atom. The maximum Gasteiger partial charge on any atom is 0.126 e. The van der Waals surface area contributed by atoms with Crippen molar-refractivity contribution in [3.05, 3.63) is 103 Å². The first-order valence-electron chi connectivity index (χ1n) is 9.75. The summed E-state index contributed by atoms with van der Waals surface area (Å²) in [5, 5.41) is 3.43. The molecule has 0 radical (unpaired) electrons. The van der Waals surface area contributed by atoms with Gasteiger partial charge in [-0.1, -0.05) is 42.5 Å². The van der Waals surface area contributed by atoms with E-state index in [1.54, 1.807) is 24.5 Å². The van der Waals surface area contributed by atoms with Crippen molar-refractivity contribution in [1.29, 1.82) is 0 Å². The van der Waals surface area contributed by atoms with Crippen molar-refractivity contribution in [1.82, 2.24) is 9.97 Å². The second-order valence-corrected chi connectivity index (χ2v) is 6.85. The summed E-state index contributed by atoms with van der Waals surface area (Å²) in [7, 11) is 0. The lowest BCUT2D eigenvalue weighted by atomic mass is 10.00. The molecule has 1 N–H and O–H groups in total. The molecule has 4 aromatic rings. The maximum absolute atomic E-state index is 13.4. The van der Waals surface area contributed by atoms with E-state index >= 15 is 0 Å². The number of aromatic nitrogens is 2. The molecule has 4 heteroatoms. The molecule has 0 aliphatic heterocycles. The van der Waals surface area contributed by atoms with Gasteiger partial charge in [-0.3, -0.25) is 4.98 Å². The number of hydrogen-bond acceptors (Lipinski definition) is 3. The van der Waals surface area contributed by atoms with E-state index in [1.807, 2.05) is 30.3 Å². The van der Waals surface area contributed by atoms with Crippen molar-refractivity contribution in [3.63, 3.8) is 0 Å². The summed E-state index contributed by atoms with van der Waals surface area (Å²) in [6.45, 7) is 0.841. The van der Waals surface area contributed by atoms with E-state index in [0.29, 0.717) is 0 Å². The van der Waals surface area contributed by atoms with Crippen molar-refractivity contribution < 1.29 is 4.39 Å². The quantitative estimate of drug-likeness (QED) is 0.398. The summed E-state index contributed by atoms with van der Waals surface area (Å²) in [4.78, 5) is 8.96. The summed E-state index contributed by atoms with van der Waals surface area (Å²) in [6.07, 6.45) is 5.56. The van der Waals surface area contributed by atoms with Crippen LogP contribution in [-0.4, -0.2) is 16.5 Å². The number of nitrogens with one attached hydrogen (secondary N) is 1. The van der Waals surface area contributed by atoms with Crippen molar-refractivity contribution in [2.75, 3.05) is 11.9 Å². The molecule has 0 aliphatic rings. The Hall–Kier alpha value is -3.53. The average Bonchev–Trinajstić information content (AvgIpc) is 2.79. The van der Waals surface area contributed by atoms with Crippen LogP contribution in [0.3, 0.4) is 0 Å². The summed E-state index contributed by atoms with van der Waals surface area (Å²) in [5.74, 6) is 0.583. The Balaban J connectivity index is 1.54. The third-order valence-electron chi connectivity index (χ3n) is 4.80. The van der Waals surface area contributed by atoms with Crippen LogP contribution in [0.4, 0.5) is 10.2 Å². The van der Waals surface area contributed by atoms with Gasteiger partial charge in [-0.15, -0.1) is 0 Å². The van der Waals surface area contributed by atoms with Crippen LogP contribution in [0.1, 0.15) is 12.0 Å². The van der Waals surface area contributed by atoms with Gasteiger partial charge in [-0.05, 0) is 60.4 Å². The molecule has 0 unspecified atom stereocenters. The van der Waals surface area contributed by atoms with Gasteiger partial charge in [-0.25, -0.2) is 9.37 Å². The minimum atomic E-state index is -0.246. The largest absolute Gasteiger partial charge is 0.370 e. The SMILES string of the molecule is Fc1ccc(-c2ccc(NCCCc3ccccc3)nc2-c2ccncc2)cc1. The standard InChI is InChI=1S/C25H22FN3/c26-22-10-8-20(9-11-22)23-12-13-24(29-25(23)21-14-17-27-18-15-21)28-16-4-7-19-5-2-1-3-6-19/h1-3,5-6,8-15,17-18H,4,7,16H2,(H,28,29). The van der Waals surface area contributed by atoms with Gasteiger partial charge in [0.25, 0.3) is 0 Å². The van der Waals surface area contributed by atoms with Gasteiger partial charge >= 0.3 is 0 Å². The summed E-state index contributed by atoms with van der Waals surface area (Å²) in [6, 6.07) is 24.9. The molecule has 0 saturated heterocycles. The third-order valence-corrected chi connectivity index (χ3v) is 4.80. The number of rotatable bonds is 7. The topological polar surface area (TPSA) is 37.8 Å². The first kappa shape index (κ1) is 18.8. The summed E-state index contributed by atoms with van der Waals surface area (Å²) in [5.41, 5.74) is 5.07. The zero-order valence-corrected chi connectivity index (χ0v) is 16.1. The number of halogens is 1. The second kappa shape index (κ2) is 9.11. The van der Waals surface area contributed by atoms with Crippen molar-refractivity contribution in [2.24, 2.45) is 0 Å². The van der Waals surface area contributed by atoms with Gasteiger partial charge in [0.2, 0.25) is 0 Å². The molecule has 2 aromatic carbocycles. The van der Waals surface area contributed by atoms with E-state index in [9.17, 15) is 4.39 Å². The van der Waals surface area contributed by atoms with Gasteiger partial charge < -0.3 is 5.32 Å². The molecule has 0 fully saturated rings. The number of anilines is 1. The molecule has 2 aromatic heterocycles. The van der Waals surface area contributed by atoms with Crippen LogP contribution in [0.5, 0.6) is 0 Å². The van der Waals surface area contributed by atoms with E-state index in [2.05, 4.69) is 34.6 Å². The lowest BCUT2D eigenvalue weighted by Gasteiger charge is -2.13. The number of nitrogens with zero attached hydrogens (tertiary/aromatic N) is 2. The molecule has 0 amide bonds. The highest BCUT2D eigenvalue weighted by Gasteiger charge is 2.11. The fraction of sp³-hybridized carbons (Fsp3) is 0.120. The Morgan fingerprint density at radius 1 is 0.759 bits per heavy atom. The van der Waals surface area contributed by atoms with Crippen molar-refractivity contribution in [2.45, 2.75) is 12.8 Å². The zero-order valence-electron chi connectivity index (χ0n) is 16.1. The molecule has 3 nitrogen and oxygen atoms in total. The first-order valence-corrected chi connectivity index (χ1v) is 9.75. The molecule has 0 atom stereocenters. The number of aryl methyl sites for hydroxylation is 1. The molecule has 29 heavy (non-hydrogen) atoms. The fourth-order valence-corrected chi connectivity index (χ4v) is 3.30. The molecule has 0 saturated carbocycles. The lowest BCUT2D eigenvalue weighted by molar-refractivity contribution is 0.628. The molecule has 0 aliphatic carbocycles. The zero-order chi connectivity index (χ0) is 19.9. The highest BCUT2D eigenvalue weighted by molar-refractivity contribution is 5.81. The van der Waals surface area contributed by atoms with E-state index in [4.69, 9.17) is 4.98 Å². The summed E-state index contributed by atoms with van der Waals surface area (Å²) < 4.78 is 13.4. The lowest BCUT2D eigenvalue weighted by Crippen LogP contribution is -2.05. The normalized spacial score (nSPS) is 10.7. The van der Waals surface area contributed by atoms with Crippen LogP contribution in [0.25, 0.3) is 22.4 Å². The van der Waals surface area contributed by atoms with Crippen LogP contribution in [0.15, 0.2) is 91.3 Å². The van der Waals surface area contributed by atoms with E-state index in [-0.39, 0.29) is 5.82 Å². The fourth-order valence-electron chi connectivity index (χ4n) is 3.30. The molecular weight excluding hydrogens is 361 g/mol. The predicted octanol–water partition coefficient (Wildman–Crippen LogP) is 5.99. The monoisotopic (exact) mass is 383 g/mol. The third kappa shape index (κ3) is 4.85. The van der Waals surface area contributed by atoms with Gasteiger partial charge in [-0.2, -0.15) is 0 Å². The minimum absolute atomic E-state index is 0.246. The number of benzene rings is 2. The predicted molar refractivity (Wildman–Crippen MR) is 116 cm³/mol. The first-order chi connectivity index (χ1) is 14.3. The molecule has 2 heterocycles. The Kier molecular flexibility index (Phi) is 5.91. The Morgan fingerprint density at radius 3 is 2.28 bits per heavy atom. The highest BCUT2D eigenvalue weighted by Crippen LogP contribution is 2.31. The van der Waals surface area contributed by atoms with Gasteiger partial charge in [0.1, 0.15) is 11.6 Å². The van der Waals surface area contributed by atoms with Crippen LogP contribution in [0, 0.1) is 5.82 Å². The van der Waals surface area contributed by atoms with Crippen molar-refractivity contribution in [3.8, 4) is 22.4 Å². The minimum Gasteiger partial charge on any atom is -0.370 e. The molecule has 144 valence electrons. The molecule has 4 rings (SSSR count). The summed E-state index contributed by atoms with van der Waals surface area (Å²) >= 11 is 0. The van der Waals surface area contributed by atoms with Crippen LogP contribution in [-0.2, 0) is 6.42 Å². The van der Waals surface area contributed by atoms with E-state index in [0.717, 1.165) is 47.6 Å². The average molecular weight is 383 g/mol.